The molecule has 0 amide bonds. The molecule has 0 radical (unpaired) electrons. The van der Waals surface area contributed by atoms with Crippen LogP contribution in [0.15, 0.2) is 0 Å². The van der Waals surface area contributed by atoms with E-state index in [0.29, 0.717) is 19.3 Å². The first-order valence-corrected chi connectivity index (χ1v) is 31.3. The van der Waals surface area contributed by atoms with Crippen LogP contribution in [-0.2, 0) is 28.6 Å². The molecular weight excluding hydrogens is 853 g/mol. The van der Waals surface area contributed by atoms with Crippen LogP contribution in [0, 0.1) is 11.8 Å². The Morgan fingerprint density at radius 3 is 0.754 bits per heavy atom. The highest BCUT2D eigenvalue weighted by atomic mass is 16.6. The van der Waals surface area contributed by atoms with Crippen molar-refractivity contribution in [2.45, 2.75) is 362 Å². The predicted molar refractivity (Wildman–Crippen MR) is 298 cm³/mol. The van der Waals surface area contributed by atoms with Gasteiger partial charge in [0, 0.05) is 19.3 Å². The average molecular weight is 976 g/mol. The van der Waals surface area contributed by atoms with Gasteiger partial charge in [-0.05, 0) is 31.1 Å². The van der Waals surface area contributed by atoms with Gasteiger partial charge in [-0.3, -0.25) is 14.4 Å². The van der Waals surface area contributed by atoms with Gasteiger partial charge in [0.1, 0.15) is 13.2 Å². The highest BCUT2D eigenvalue weighted by Gasteiger charge is 2.19. The van der Waals surface area contributed by atoms with Gasteiger partial charge in [-0.15, -0.1) is 0 Å². The summed E-state index contributed by atoms with van der Waals surface area (Å²) in [5.41, 5.74) is 0. The fourth-order valence-electron chi connectivity index (χ4n) is 9.69. The molecule has 2 unspecified atom stereocenters. The van der Waals surface area contributed by atoms with E-state index in [2.05, 4.69) is 34.6 Å². The van der Waals surface area contributed by atoms with Crippen molar-refractivity contribution < 1.29 is 28.6 Å². The molecule has 0 aromatic rings. The molecule has 0 bridgehead atoms. The van der Waals surface area contributed by atoms with Crippen LogP contribution in [0.25, 0.3) is 0 Å². The lowest BCUT2D eigenvalue weighted by molar-refractivity contribution is -0.167. The maximum Gasteiger partial charge on any atom is 0.306 e. The van der Waals surface area contributed by atoms with Crippen molar-refractivity contribution in [1.29, 1.82) is 0 Å². The molecule has 0 rings (SSSR count). The van der Waals surface area contributed by atoms with Crippen molar-refractivity contribution in [2.75, 3.05) is 13.2 Å². The molecule has 3 atom stereocenters. The topological polar surface area (TPSA) is 78.9 Å². The summed E-state index contributed by atoms with van der Waals surface area (Å²) >= 11 is 0. The highest BCUT2D eigenvalue weighted by Crippen LogP contribution is 2.19. The van der Waals surface area contributed by atoms with Gasteiger partial charge in [-0.25, -0.2) is 0 Å². The standard InChI is InChI=1S/C63H122O6/c1-6-9-10-11-12-13-14-15-16-23-28-33-38-43-48-53-61(64)67-56-60(69-63(66)55-50-45-40-35-30-25-20-18-22-27-32-37-42-47-52-59(5)8-3)57-68-62(65)54-49-44-39-34-29-24-19-17-21-26-31-36-41-46-51-58(4)7-2/h58-60H,6-57H2,1-5H3/t58?,59?,60-/m0/s1. The molecular formula is C63H122O6. The van der Waals surface area contributed by atoms with Crippen molar-refractivity contribution >= 4 is 17.9 Å². The van der Waals surface area contributed by atoms with E-state index in [1.165, 1.54) is 244 Å². The summed E-state index contributed by atoms with van der Waals surface area (Å²) in [7, 11) is 0. The van der Waals surface area contributed by atoms with Crippen LogP contribution in [0.2, 0.25) is 0 Å². The smallest absolute Gasteiger partial charge is 0.306 e. The third kappa shape index (κ3) is 54.0. The zero-order valence-electron chi connectivity index (χ0n) is 47.5. The normalized spacial score (nSPS) is 12.8. The van der Waals surface area contributed by atoms with Crippen LogP contribution in [0.1, 0.15) is 356 Å². The number of unbranched alkanes of at least 4 members (excludes halogenated alkanes) is 40. The SMILES string of the molecule is CCCCCCCCCCCCCCCCCC(=O)OC[C@@H](COC(=O)CCCCCCCCCCCCCCCCC(C)CC)OC(=O)CCCCCCCCCCCCCCCCC(C)CC. The number of hydrogen-bond donors (Lipinski definition) is 0. The molecule has 0 saturated heterocycles. The Hall–Kier alpha value is -1.59. The Bertz CT molecular complexity index is 1060. The first-order chi connectivity index (χ1) is 33.8. The van der Waals surface area contributed by atoms with E-state index in [9.17, 15) is 14.4 Å². The fourth-order valence-corrected chi connectivity index (χ4v) is 9.69. The molecule has 6 nitrogen and oxygen atoms in total. The lowest BCUT2D eigenvalue weighted by Gasteiger charge is -2.18. The second-order valence-corrected chi connectivity index (χ2v) is 22.2. The third-order valence-corrected chi connectivity index (χ3v) is 15.2. The lowest BCUT2D eigenvalue weighted by Crippen LogP contribution is -2.30. The van der Waals surface area contributed by atoms with E-state index in [1.54, 1.807) is 0 Å². The Morgan fingerprint density at radius 2 is 0.507 bits per heavy atom. The number of rotatable bonds is 57. The predicted octanol–water partition coefficient (Wildman–Crippen LogP) is 20.8. The minimum atomic E-state index is -0.763. The highest BCUT2D eigenvalue weighted by molar-refractivity contribution is 5.71. The zero-order valence-corrected chi connectivity index (χ0v) is 47.5. The zero-order chi connectivity index (χ0) is 50.4. The van der Waals surface area contributed by atoms with Crippen molar-refractivity contribution in [1.82, 2.24) is 0 Å². The summed E-state index contributed by atoms with van der Waals surface area (Å²) < 4.78 is 16.9. The minimum Gasteiger partial charge on any atom is -0.462 e. The third-order valence-electron chi connectivity index (χ3n) is 15.2. The van der Waals surface area contributed by atoms with Crippen LogP contribution in [0.3, 0.4) is 0 Å². The molecule has 0 heterocycles. The average Bonchev–Trinajstić information content (AvgIpc) is 3.35. The van der Waals surface area contributed by atoms with Crippen LogP contribution in [-0.4, -0.2) is 37.2 Å². The summed E-state index contributed by atoms with van der Waals surface area (Å²) in [4.78, 5) is 38.3. The Labute approximate surface area is 431 Å². The van der Waals surface area contributed by atoms with Gasteiger partial charge in [0.2, 0.25) is 0 Å². The van der Waals surface area contributed by atoms with E-state index in [-0.39, 0.29) is 31.1 Å². The van der Waals surface area contributed by atoms with Crippen molar-refractivity contribution in [3.8, 4) is 0 Å². The second-order valence-electron chi connectivity index (χ2n) is 22.2. The molecule has 410 valence electrons. The largest absolute Gasteiger partial charge is 0.462 e. The summed E-state index contributed by atoms with van der Waals surface area (Å²) in [5.74, 6) is 0.957. The number of carbonyl (C=O) groups is 3. The van der Waals surface area contributed by atoms with E-state index in [1.807, 2.05) is 0 Å². The van der Waals surface area contributed by atoms with Crippen LogP contribution < -0.4 is 0 Å². The molecule has 0 aliphatic heterocycles. The summed E-state index contributed by atoms with van der Waals surface area (Å²) in [6.45, 7) is 11.5. The van der Waals surface area contributed by atoms with Gasteiger partial charge in [0.15, 0.2) is 6.10 Å². The molecule has 0 aromatic carbocycles. The molecule has 0 aliphatic rings. The van der Waals surface area contributed by atoms with Crippen LogP contribution in [0.4, 0.5) is 0 Å². The summed E-state index contributed by atoms with van der Waals surface area (Å²) in [6, 6.07) is 0. The van der Waals surface area contributed by atoms with E-state index in [0.717, 1.165) is 69.6 Å². The molecule has 0 N–H and O–H groups in total. The number of hydrogen-bond acceptors (Lipinski definition) is 6. The van der Waals surface area contributed by atoms with Crippen molar-refractivity contribution in [3.05, 3.63) is 0 Å². The van der Waals surface area contributed by atoms with E-state index < -0.39 is 6.10 Å². The summed E-state index contributed by atoms with van der Waals surface area (Å²) in [6.07, 6.45) is 60.8. The van der Waals surface area contributed by atoms with Gasteiger partial charge < -0.3 is 14.2 Å². The molecule has 0 aliphatic carbocycles. The molecule has 0 saturated carbocycles. The van der Waals surface area contributed by atoms with Gasteiger partial charge >= 0.3 is 17.9 Å². The van der Waals surface area contributed by atoms with Crippen molar-refractivity contribution in [3.63, 3.8) is 0 Å². The van der Waals surface area contributed by atoms with Crippen molar-refractivity contribution in [2.24, 2.45) is 11.8 Å². The maximum atomic E-state index is 12.9. The molecule has 0 fully saturated rings. The van der Waals surface area contributed by atoms with E-state index in [4.69, 9.17) is 14.2 Å². The van der Waals surface area contributed by atoms with Gasteiger partial charge in [-0.2, -0.15) is 0 Å². The molecule has 0 aromatic heterocycles. The Morgan fingerprint density at radius 1 is 0.290 bits per heavy atom. The lowest BCUT2D eigenvalue weighted by atomic mass is 9.99. The van der Waals surface area contributed by atoms with Crippen LogP contribution >= 0.6 is 0 Å². The van der Waals surface area contributed by atoms with Gasteiger partial charge in [0.05, 0.1) is 0 Å². The monoisotopic (exact) mass is 975 g/mol. The molecule has 69 heavy (non-hydrogen) atoms. The van der Waals surface area contributed by atoms with Crippen LogP contribution in [0.5, 0.6) is 0 Å². The first-order valence-electron chi connectivity index (χ1n) is 31.3. The minimum absolute atomic E-state index is 0.0620. The molecule has 0 spiro atoms. The number of carbonyl (C=O) groups excluding carboxylic acids is 3. The van der Waals surface area contributed by atoms with Gasteiger partial charge in [0.25, 0.3) is 0 Å². The Balaban J connectivity index is 4.30. The maximum absolute atomic E-state index is 12.9. The quantitative estimate of drug-likeness (QED) is 0.0343. The summed E-state index contributed by atoms with van der Waals surface area (Å²) in [5, 5.41) is 0. The first kappa shape index (κ1) is 67.4. The Kier molecular flexibility index (Phi) is 54.4. The van der Waals surface area contributed by atoms with Gasteiger partial charge in [-0.1, -0.05) is 317 Å². The molecule has 6 heteroatoms. The number of ether oxygens (including phenoxy) is 3. The number of esters is 3. The fraction of sp³-hybridized carbons (Fsp3) is 0.952. The second kappa shape index (κ2) is 55.7. The van der Waals surface area contributed by atoms with E-state index >= 15 is 0 Å².